The molecule has 0 heterocycles. The molecule has 3 rings (SSSR count). The van der Waals surface area contributed by atoms with E-state index in [1.54, 1.807) is 61.5 Å². The lowest BCUT2D eigenvalue weighted by molar-refractivity contribution is -0.140. The average molecular weight is 667 g/mol. The minimum atomic E-state index is -4.21. The summed E-state index contributed by atoms with van der Waals surface area (Å²) in [7, 11) is -4.21. The lowest BCUT2D eigenvalue weighted by Gasteiger charge is -2.34. The Morgan fingerprint density at radius 2 is 1.56 bits per heavy atom. The predicted molar refractivity (Wildman–Crippen MR) is 175 cm³/mol. The number of sulfonamides is 1. The molecule has 12 heteroatoms. The second-order valence-electron chi connectivity index (χ2n) is 9.92. The van der Waals surface area contributed by atoms with E-state index in [4.69, 9.17) is 27.9 Å². The summed E-state index contributed by atoms with van der Waals surface area (Å²) in [4.78, 5) is 29.8. The molecule has 0 aromatic heterocycles. The molecular formula is C31H37Cl2N3O5S2. The molecule has 0 spiro atoms. The summed E-state index contributed by atoms with van der Waals surface area (Å²) >= 11 is 14.4. The van der Waals surface area contributed by atoms with Crippen molar-refractivity contribution in [1.29, 1.82) is 0 Å². The van der Waals surface area contributed by atoms with Gasteiger partial charge in [-0.1, -0.05) is 36.2 Å². The maximum Gasteiger partial charge on any atom is 0.264 e. The van der Waals surface area contributed by atoms with E-state index in [1.165, 1.54) is 28.8 Å². The van der Waals surface area contributed by atoms with Crippen molar-refractivity contribution in [3.8, 4) is 5.75 Å². The van der Waals surface area contributed by atoms with Crippen LogP contribution in [-0.2, 0) is 26.2 Å². The molecule has 0 aliphatic carbocycles. The van der Waals surface area contributed by atoms with Crippen LogP contribution in [0.2, 0.25) is 10.0 Å². The van der Waals surface area contributed by atoms with Crippen LogP contribution in [0, 0.1) is 0 Å². The third-order valence-electron chi connectivity index (χ3n) is 6.57. The zero-order valence-corrected chi connectivity index (χ0v) is 28.0. The molecule has 0 unspecified atom stereocenters. The quantitative estimate of drug-likeness (QED) is 0.194. The van der Waals surface area contributed by atoms with Crippen LogP contribution < -0.4 is 14.4 Å². The van der Waals surface area contributed by atoms with Crippen LogP contribution in [0.5, 0.6) is 5.75 Å². The van der Waals surface area contributed by atoms with E-state index in [2.05, 4.69) is 5.32 Å². The van der Waals surface area contributed by atoms with Gasteiger partial charge in [0.2, 0.25) is 11.8 Å². The number of nitrogens with one attached hydrogen (secondary N) is 1. The first kappa shape index (κ1) is 34.6. The van der Waals surface area contributed by atoms with E-state index in [1.807, 2.05) is 27.0 Å². The van der Waals surface area contributed by atoms with Crippen molar-refractivity contribution < 1.29 is 22.7 Å². The number of amides is 2. The fourth-order valence-corrected chi connectivity index (χ4v) is 6.77. The molecule has 0 aliphatic rings. The Hall–Kier alpha value is -2.92. The molecule has 1 N–H and O–H groups in total. The van der Waals surface area contributed by atoms with Gasteiger partial charge in [0.05, 0.1) is 17.2 Å². The summed E-state index contributed by atoms with van der Waals surface area (Å²) in [6, 6.07) is 16.8. The number of rotatable bonds is 14. The average Bonchev–Trinajstić information content (AvgIpc) is 2.97. The van der Waals surface area contributed by atoms with Crippen molar-refractivity contribution >= 4 is 62.5 Å². The summed E-state index contributed by atoms with van der Waals surface area (Å²) in [5, 5.41) is 3.52. The highest BCUT2D eigenvalue weighted by Crippen LogP contribution is 2.30. The highest BCUT2D eigenvalue weighted by atomic mass is 35.5. The van der Waals surface area contributed by atoms with Gasteiger partial charge in [-0.25, -0.2) is 8.42 Å². The van der Waals surface area contributed by atoms with Gasteiger partial charge in [0.15, 0.2) is 0 Å². The van der Waals surface area contributed by atoms with Crippen molar-refractivity contribution in [1.82, 2.24) is 10.2 Å². The molecule has 0 saturated heterocycles. The number of ether oxygens (including phenoxy) is 1. The predicted octanol–water partition coefficient (Wildman–Crippen LogP) is 6.64. The van der Waals surface area contributed by atoms with Gasteiger partial charge in [0.1, 0.15) is 18.3 Å². The van der Waals surface area contributed by atoms with Gasteiger partial charge in [0.25, 0.3) is 10.0 Å². The molecular weight excluding hydrogens is 629 g/mol. The Morgan fingerprint density at radius 3 is 2.07 bits per heavy atom. The monoisotopic (exact) mass is 665 g/mol. The summed E-state index contributed by atoms with van der Waals surface area (Å²) in [6.45, 7) is 7.05. The van der Waals surface area contributed by atoms with Crippen LogP contribution in [-0.4, -0.2) is 56.6 Å². The molecule has 0 fully saturated rings. The molecule has 232 valence electrons. The summed E-state index contributed by atoms with van der Waals surface area (Å²) in [6.07, 6.45) is 2.17. The number of carbonyl (C=O) groups excluding carboxylic acids is 2. The van der Waals surface area contributed by atoms with E-state index in [0.29, 0.717) is 28.0 Å². The number of carbonyl (C=O) groups is 2. The third-order valence-corrected chi connectivity index (χ3v) is 9.81. The Labute approximate surface area is 268 Å². The highest BCUT2D eigenvalue weighted by molar-refractivity contribution is 7.98. The van der Waals surface area contributed by atoms with Gasteiger partial charge in [-0.2, -0.15) is 0 Å². The SMILES string of the molecule is CCOc1ccc(N(CC(=O)N(Cc2c(Cl)cccc2Cl)[C@H](CC)C(=O)NC(C)C)S(=O)(=O)c2ccc(SC)cc2)cc1. The number of nitrogens with zero attached hydrogens (tertiary/aromatic N) is 2. The molecule has 3 aromatic carbocycles. The Kier molecular flexibility index (Phi) is 12.6. The van der Waals surface area contributed by atoms with Gasteiger partial charge in [-0.05, 0) is 94.1 Å². The lowest BCUT2D eigenvalue weighted by atomic mass is 10.1. The van der Waals surface area contributed by atoms with Crippen molar-refractivity contribution in [2.24, 2.45) is 0 Å². The van der Waals surface area contributed by atoms with Crippen molar-refractivity contribution in [2.75, 3.05) is 23.7 Å². The normalized spacial score (nSPS) is 12.1. The molecule has 1 atom stereocenters. The molecule has 3 aromatic rings. The van der Waals surface area contributed by atoms with Gasteiger partial charge in [0, 0.05) is 33.1 Å². The van der Waals surface area contributed by atoms with E-state index < -0.39 is 28.5 Å². The van der Waals surface area contributed by atoms with Crippen LogP contribution in [0.15, 0.2) is 76.5 Å². The maximum atomic E-state index is 14.2. The largest absolute Gasteiger partial charge is 0.494 e. The standard InChI is InChI=1S/C31H37Cl2N3O5S2/c1-6-29(31(38)34-21(3)4)35(19-26-27(32)9-8-10-28(26)33)30(37)20-36(22-11-13-23(14-12-22)41-7-2)43(39,40)25-17-15-24(42-5)16-18-25/h8-18,21,29H,6-7,19-20H2,1-5H3,(H,34,38)/t29-/m1/s1. The first-order chi connectivity index (χ1) is 20.4. The van der Waals surface area contributed by atoms with Gasteiger partial charge in [-0.3, -0.25) is 13.9 Å². The van der Waals surface area contributed by atoms with Crippen LogP contribution in [0.4, 0.5) is 5.69 Å². The maximum absolute atomic E-state index is 14.2. The van der Waals surface area contributed by atoms with Crippen molar-refractivity contribution in [2.45, 2.75) is 62.5 Å². The minimum absolute atomic E-state index is 0.0253. The van der Waals surface area contributed by atoms with E-state index in [-0.39, 0.29) is 35.5 Å². The Bertz CT molecular complexity index is 1480. The Morgan fingerprint density at radius 1 is 0.953 bits per heavy atom. The number of anilines is 1. The van der Waals surface area contributed by atoms with Crippen molar-refractivity contribution in [3.63, 3.8) is 0 Å². The van der Waals surface area contributed by atoms with E-state index >= 15 is 0 Å². The topological polar surface area (TPSA) is 96.0 Å². The van der Waals surface area contributed by atoms with Crippen LogP contribution >= 0.6 is 35.0 Å². The molecule has 0 radical (unpaired) electrons. The lowest BCUT2D eigenvalue weighted by Crippen LogP contribution is -2.53. The summed E-state index contributed by atoms with van der Waals surface area (Å²) < 4.78 is 34.7. The molecule has 0 bridgehead atoms. The zero-order valence-electron chi connectivity index (χ0n) is 24.8. The molecule has 8 nitrogen and oxygen atoms in total. The molecule has 0 saturated carbocycles. The fourth-order valence-electron chi connectivity index (χ4n) is 4.43. The van der Waals surface area contributed by atoms with Crippen LogP contribution in [0.3, 0.4) is 0 Å². The van der Waals surface area contributed by atoms with Crippen molar-refractivity contribution in [3.05, 3.63) is 82.3 Å². The van der Waals surface area contributed by atoms with Gasteiger partial charge < -0.3 is 15.0 Å². The van der Waals surface area contributed by atoms with E-state index in [0.717, 1.165) is 9.20 Å². The number of halogens is 2. The minimum Gasteiger partial charge on any atom is -0.494 e. The second kappa shape index (κ2) is 15.7. The highest BCUT2D eigenvalue weighted by Gasteiger charge is 2.34. The molecule has 2 amide bonds. The Balaban J connectivity index is 2.11. The first-order valence-corrected chi connectivity index (χ1v) is 17.3. The number of hydrogen-bond donors (Lipinski definition) is 1. The van der Waals surface area contributed by atoms with Gasteiger partial charge >= 0.3 is 0 Å². The first-order valence-electron chi connectivity index (χ1n) is 13.8. The summed E-state index contributed by atoms with van der Waals surface area (Å²) in [5.74, 6) is -0.400. The summed E-state index contributed by atoms with van der Waals surface area (Å²) in [5.41, 5.74) is 0.722. The smallest absolute Gasteiger partial charge is 0.264 e. The zero-order chi connectivity index (χ0) is 31.7. The molecule has 0 aliphatic heterocycles. The molecule has 43 heavy (non-hydrogen) atoms. The fraction of sp³-hybridized carbons (Fsp3) is 0.355. The number of thioether (sulfide) groups is 1. The van der Waals surface area contributed by atoms with Crippen LogP contribution in [0.25, 0.3) is 0 Å². The number of benzene rings is 3. The van der Waals surface area contributed by atoms with E-state index in [9.17, 15) is 18.0 Å². The van der Waals surface area contributed by atoms with Crippen LogP contribution in [0.1, 0.15) is 39.7 Å². The van der Waals surface area contributed by atoms with Gasteiger partial charge in [-0.15, -0.1) is 11.8 Å². The number of hydrogen-bond acceptors (Lipinski definition) is 6. The third kappa shape index (κ3) is 8.81. The second-order valence-corrected chi connectivity index (χ2v) is 13.5.